The summed E-state index contributed by atoms with van der Waals surface area (Å²) in [5.41, 5.74) is 3.03. The third kappa shape index (κ3) is 4.73. The van der Waals surface area contributed by atoms with Gasteiger partial charge in [0.2, 0.25) is 0 Å². The summed E-state index contributed by atoms with van der Waals surface area (Å²) in [6.07, 6.45) is 3.14. The Balaban J connectivity index is 1.56. The SMILES string of the molecule is CC(C)c1ccccc1OCC(=O)NC(C)c1ccc(-n2cncn2)cc1. The number of benzene rings is 2. The van der Waals surface area contributed by atoms with E-state index in [1.54, 1.807) is 11.0 Å². The van der Waals surface area contributed by atoms with Crippen LogP contribution in [-0.4, -0.2) is 27.3 Å². The fourth-order valence-electron chi connectivity index (χ4n) is 2.86. The van der Waals surface area contributed by atoms with E-state index < -0.39 is 0 Å². The third-order valence-electron chi connectivity index (χ3n) is 4.35. The molecule has 1 amide bonds. The molecule has 0 aliphatic rings. The van der Waals surface area contributed by atoms with Crippen LogP contribution < -0.4 is 10.1 Å². The minimum absolute atomic E-state index is 0.00882. The average Bonchev–Trinajstić information content (AvgIpc) is 3.21. The second-order valence-corrected chi connectivity index (χ2v) is 6.70. The normalized spacial score (nSPS) is 12.0. The van der Waals surface area contributed by atoms with Gasteiger partial charge in [0.15, 0.2) is 6.61 Å². The maximum absolute atomic E-state index is 12.3. The fraction of sp³-hybridized carbons (Fsp3) is 0.286. The maximum atomic E-state index is 12.3. The van der Waals surface area contributed by atoms with Crippen molar-refractivity contribution in [2.24, 2.45) is 0 Å². The quantitative estimate of drug-likeness (QED) is 0.695. The molecule has 1 atom stereocenters. The van der Waals surface area contributed by atoms with Crippen LogP contribution in [0.4, 0.5) is 0 Å². The lowest BCUT2D eigenvalue weighted by atomic mass is 10.0. The zero-order valence-electron chi connectivity index (χ0n) is 15.8. The molecular formula is C21H24N4O2. The molecule has 2 aromatic carbocycles. The summed E-state index contributed by atoms with van der Waals surface area (Å²) in [7, 11) is 0. The first-order valence-electron chi connectivity index (χ1n) is 9.00. The Morgan fingerprint density at radius 2 is 1.85 bits per heavy atom. The van der Waals surface area contributed by atoms with Crippen LogP contribution in [0.2, 0.25) is 0 Å². The standard InChI is InChI=1S/C21H24N4O2/c1-15(2)19-6-4-5-7-20(19)27-12-21(26)24-16(3)17-8-10-18(11-9-17)25-14-22-13-23-25/h4-11,13-16H,12H2,1-3H3,(H,24,26). The maximum Gasteiger partial charge on any atom is 0.258 e. The first kappa shape index (κ1) is 18.6. The van der Waals surface area contributed by atoms with Gasteiger partial charge in [-0.2, -0.15) is 5.10 Å². The van der Waals surface area contributed by atoms with Gasteiger partial charge in [-0.3, -0.25) is 4.79 Å². The molecule has 0 saturated carbocycles. The van der Waals surface area contributed by atoms with Crippen LogP contribution in [0.3, 0.4) is 0 Å². The molecule has 6 nitrogen and oxygen atoms in total. The highest BCUT2D eigenvalue weighted by Gasteiger charge is 2.12. The predicted molar refractivity (Wildman–Crippen MR) is 104 cm³/mol. The van der Waals surface area contributed by atoms with E-state index >= 15 is 0 Å². The summed E-state index contributed by atoms with van der Waals surface area (Å²) < 4.78 is 7.42. The second-order valence-electron chi connectivity index (χ2n) is 6.70. The highest BCUT2D eigenvalue weighted by molar-refractivity contribution is 5.78. The Morgan fingerprint density at radius 1 is 1.11 bits per heavy atom. The van der Waals surface area contributed by atoms with Gasteiger partial charge in [-0.25, -0.2) is 9.67 Å². The number of carbonyl (C=O) groups is 1. The Labute approximate surface area is 159 Å². The van der Waals surface area contributed by atoms with Gasteiger partial charge < -0.3 is 10.1 Å². The monoisotopic (exact) mass is 364 g/mol. The fourth-order valence-corrected chi connectivity index (χ4v) is 2.86. The van der Waals surface area contributed by atoms with Crippen molar-refractivity contribution in [3.05, 3.63) is 72.3 Å². The van der Waals surface area contributed by atoms with Crippen LogP contribution in [0.25, 0.3) is 5.69 Å². The van der Waals surface area contributed by atoms with Crippen molar-refractivity contribution in [1.82, 2.24) is 20.1 Å². The Morgan fingerprint density at radius 3 is 2.52 bits per heavy atom. The number of hydrogen-bond donors (Lipinski definition) is 1. The number of nitrogens with one attached hydrogen (secondary N) is 1. The van der Waals surface area contributed by atoms with Crippen molar-refractivity contribution < 1.29 is 9.53 Å². The summed E-state index contributed by atoms with van der Waals surface area (Å²) >= 11 is 0. The molecule has 3 rings (SSSR count). The first-order chi connectivity index (χ1) is 13.0. The van der Waals surface area contributed by atoms with Crippen molar-refractivity contribution in [3.8, 4) is 11.4 Å². The lowest BCUT2D eigenvalue weighted by Crippen LogP contribution is -2.31. The summed E-state index contributed by atoms with van der Waals surface area (Å²) in [5.74, 6) is 0.945. The van der Waals surface area contributed by atoms with E-state index in [2.05, 4.69) is 29.2 Å². The van der Waals surface area contributed by atoms with Gasteiger partial charge in [-0.1, -0.05) is 44.2 Å². The number of aromatic nitrogens is 3. The second kappa shape index (κ2) is 8.49. The van der Waals surface area contributed by atoms with Crippen molar-refractivity contribution in [2.75, 3.05) is 6.61 Å². The topological polar surface area (TPSA) is 69.0 Å². The molecule has 140 valence electrons. The predicted octanol–water partition coefficient (Wildman–Crippen LogP) is 3.65. The van der Waals surface area contributed by atoms with Crippen LogP contribution in [0.5, 0.6) is 5.75 Å². The van der Waals surface area contributed by atoms with Crippen LogP contribution in [0, 0.1) is 0 Å². The number of carbonyl (C=O) groups excluding carboxylic acids is 1. The number of nitrogens with zero attached hydrogens (tertiary/aromatic N) is 3. The molecule has 0 fully saturated rings. The van der Waals surface area contributed by atoms with E-state index in [1.165, 1.54) is 6.33 Å². The van der Waals surface area contributed by atoms with Gasteiger partial charge in [-0.15, -0.1) is 0 Å². The molecule has 1 unspecified atom stereocenters. The Kier molecular flexibility index (Phi) is 5.86. The van der Waals surface area contributed by atoms with Crippen molar-refractivity contribution in [2.45, 2.75) is 32.7 Å². The molecule has 0 radical (unpaired) electrons. The van der Waals surface area contributed by atoms with E-state index in [0.29, 0.717) is 5.92 Å². The zero-order chi connectivity index (χ0) is 19.2. The van der Waals surface area contributed by atoms with Gasteiger partial charge >= 0.3 is 0 Å². The molecule has 0 saturated heterocycles. The zero-order valence-corrected chi connectivity index (χ0v) is 15.8. The van der Waals surface area contributed by atoms with Crippen LogP contribution in [0.1, 0.15) is 43.9 Å². The van der Waals surface area contributed by atoms with Crippen molar-refractivity contribution in [1.29, 1.82) is 0 Å². The van der Waals surface area contributed by atoms with Gasteiger partial charge in [0.05, 0.1) is 11.7 Å². The van der Waals surface area contributed by atoms with Gasteiger partial charge in [-0.05, 0) is 42.2 Å². The molecule has 3 aromatic rings. The first-order valence-corrected chi connectivity index (χ1v) is 9.00. The minimum atomic E-state index is -0.151. The Hall–Kier alpha value is -3.15. The summed E-state index contributed by atoms with van der Waals surface area (Å²) in [6.45, 7) is 6.15. The summed E-state index contributed by atoms with van der Waals surface area (Å²) in [6, 6.07) is 15.5. The van der Waals surface area contributed by atoms with Crippen molar-refractivity contribution in [3.63, 3.8) is 0 Å². The number of rotatable bonds is 7. The Bertz CT molecular complexity index is 873. The number of amides is 1. The van der Waals surface area contributed by atoms with Gasteiger partial charge in [0, 0.05) is 0 Å². The largest absolute Gasteiger partial charge is 0.483 e. The highest BCUT2D eigenvalue weighted by Crippen LogP contribution is 2.25. The molecule has 0 aliphatic heterocycles. The lowest BCUT2D eigenvalue weighted by Gasteiger charge is -2.17. The summed E-state index contributed by atoms with van der Waals surface area (Å²) in [5, 5.41) is 7.07. The lowest BCUT2D eigenvalue weighted by molar-refractivity contribution is -0.123. The molecule has 0 aliphatic carbocycles. The van der Waals surface area contributed by atoms with E-state index in [0.717, 1.165) is 22.6 Å². The van der Waals surface area contributed by atoms with E-state index in [4.69, 9.17) is 4.74 Å². The van der Waals surface area contributed by atoms with Crippen LogP contribution >= 0.6 is 0 Å². The third-order valence-corrected chi connectivity index (χ3v) is 4.35. The van der Waals surface area contributed by atoms with Gasteiger partial charge in [0.1, 0.15) is 18.4 Å². The number of hydrogen-bond acceptors (Lipinski definition) is 4. The van der Waals surface area contributed by atoms with Crippen LogP contribution in [0.15, 0.2) is 61.2 Å². The number of ether oxygens (including phenoxy) is 1. The smallest absolute Gasteiger partial charge is 0.258 e. The molecule has 1 N–H and O–H groups in total. The molecule has 0 spiro atoms. The molecule has 1 aromatic heterocycles. The summed E-state index contributed by atoms with van der Waals surface area (Å²) in [4.78, 5) is 16.2. The molecule has 6 heteroatoms. The van der Waals surface area contributed by atoms with E-state index in [9.17, 15) is 4.79 Å². The average molecular weight is 364 g/mol. The molecule has 1 heterocycles. The van der Waals surface area contributed by atoms with E-state index in [-0.39, 0.29) is 18.6 Å². The van der Waals surface area contributed by atoms with Gasteiger partial charge in [0.25, 0.3) is 5.91 Å². The molecular weight excluding hydrogens is 340 g/mol. The van der Waals surface area contributed by atoms with Crippen molar-refractivity contribution >= 4 is 5.91 Å². The molecule has 0 bridgehead atoms. The van der Waals surface area contributed by atoms with Crippen LogP contribution in [-0.2, 0) is 4.79 Å². The minimum Gasteiger partial charge on any atom is -0.483 e. The number of para-hydroxylation sites is 1. The molecule has 27 heavy (non-hydrogen) atoms. The van der Waals surface area contributed by atoms with E-state index in [1.807, 2.05) is 55.5 Å². The highest BCUT2D eigenvalue weighted by atomic mass is 16.5.